The number of carbonyl (C=O) groups is 2. The lowest BCUT2D eigenvalue weighted by molar-refractivity contribution is -0.118. The third-order valence-electron chi connectivity index (χ3n) is 3.89. The number of para-hydroxylation sites is 1. The molecule has 0 aliphatic carbocycles. The predicted octanol–water partition coefficient (Wildman–Crippen LogP) is 4.24. The first-order chi connectivity index (χ1) is 13.3. The van der Waals surface area contributed by atoms with Crippen LogP contribution in [0.25, 0.3) is 0 Å². The van der Waals surface area contributed by atoms with Gasteiger partial charge in [-0.1, -0.05) is 12.1 Å². The standard InChI is InChI=1S/C19H17F3N2O3S/c20-19(21,22)11-28-16-4-2-1-3-15(16)24-18(26)10-27-13-6-7-14-12(9-13)5-8-17(25)23-14/h1-4,6-7,9H,5,8,10-11H2,(H,23,25)(H,24,26). The molecular formula is C19H17F3N2O3S. The maximum atomic E-state index is 12.4. The third-order valence-corrected chi connectivity index (χ3v) is 5.03. The van der Waals surface area contributed by atoms with Crippen LogP contribution in [-0.2, 0) is 16.0 Å². The van der Waals surface area contributed by atoms with Crippen molar-refractivity contribution in [1.82, 2.24) is 0 Å². The lowest BCUT2D eigenvalue weighted by atomic mass is 10.0. The van der Waals surface area contributed by atoms with Crippen molar-refractivity contribution in [3.05, 3.63) is 48.0 Å². The highest BCUT2D eigenvalue weighted by Gasteiger charge is 2.27. The van der Waals surface area contributed by atoms with Crippen molar-refractivity contribution in [3.8, 4) is 5.75 Å². The summed E-state index contributed by atoms with van der Waals surface area (Å²) in [6.45, 7) is -0.288. The van der Waals surface area contributed by atoms with Gasteiger partial charge in [0.25, 0.3) is 5.91 Å². The molecule has 1 heterocycles. The molecule has 1 aliphatic rings. The molecule has 2 N–H and O–H groups in total. The summed E-state index contributed by atoms with van der Waals surface area (Å²) < 4.78 is 42.8. The predicted molar refractivity (Wildman–Crippen MR) is 101 cm³/mol. The Hall–Kier alpha value is -2.68. The molecule has 2 aromatic carbocycles. The first kappa shape index (κ1) is 20.1. The number of aryl methyl sites for hydroxylation is 1. The van der Waals surface area contributed by atoms with E-state index < -0.39 is 17.8 Å². The number of alkyl halides is 3. The average molecular weight is 410 g/mol. The zero-order chi connectivity index (χ0) is 20.1. The Kier molecular flexibility index (Phi) is 6.13. The van der Waals surface area contributed by atoms with Gasteiger partial charge in [-0.3, -0.25) is 9.59 Å². The molecule has 5 nitrogen and oxygen atoms in total. The minimum absolute atomic E-state index is 0.0393. The third kappa shape index (κ3) is 5.66. The molecule has 0 aromatic heterocycles. The van der Waals surface area contributed by atoms with Gasteiger partial charge in [-0.05, 0) is 42.3 Å². The Balaban J connectivity index is 1.57. The van der Waals surface area contributed by atoms with Gasteiger partial charge in [-0.25, -0.2) is 0 Å². The number of carbonyl (C=O) groups excluding carboxylic acids is 2. The molecule has 0 bridgehead atoms. The number of hydrogen-bond donors (Lipinski definition) is 2. The van der Waals surface area contributed by atoms with Crippen LogP contribution in [0.2, 0.25) is 0 Å². The van der Waals surface area contributed by atoms with Crippen molar-refractivity contribution in [3.63, 3.8) is 0 Å². The van der Waals surface area contributed by atoms with Gasteiger partial charge < -0.3 is 15.4 Å². The minimum atomic E-state index is -4.29. The molecule has 9 heteroatoms. The second-order valence-electron chi connectivity index (χ2n) is 6.10. The fourth-order valence-electron chi connectivity index (χ4n) is 2.64. The SMILES string of the molecule is O=C1CCc2cc(OCC(=O)Nc3ccccc3SCC(F)(F)F)ccc2N1. The molecule has 2 amide bonds. The molecule has 0 radical (unpaired) electrons. The molecule has 0 spiro atoms. The lowest BCUT2D eigenvalue weighted by Crippen LogP contribution is -2.21. The number of hydrogen-bond acceptors (Lipinski definition) is 4. The Morgan fingerprint density at radius 3 is 2.75 bits per heavy atom. The molecule has 0 atom stereocenters. The number of halogens is 3. The summed E-state index contributed by atoms with van der Waals surface area (Å²) >= 11 is 0.611. The van der Waals surface area contributed by atoms with Crippen molar-refractivity contribution < 1.29 is 27.5 Å². The second-order valence-corrected chi connectivity index (χ2v) is 7.12. The molecular weight excluding hydrogens is 393 g/mol. The quantitative estimate of drug-likeness (QED) is 0.699. The fraction of sp³-hybridized carbons (Fsp3) is 0.263. The number of thioether (sulfide) groups is 1. The topological polar surface area (TPSA) is 67.4 Å². The molecule has 2 aromatic rings. The number of amides is 2. The number of fused-ring (bicyclic) bond motifs is 1. The molecule has 28 heavy (non-hydrogen) atoms. The van der Waals surface area contributed by atoms with Crippen molar-refractivity contribution in [2.24, 2.45) is 0 Å². The van der Waals surface area contributed by atoms with Gasteiger partial charge in [-0.15, -0.1) is 11.8 Å². The minimum Gasteiger partial charge on any atom is -0.484 e. The maximum Gasteiger partial charge on any atom is 0.398 e. The highest BCUT2D eigenvalue weighted by atomic mass is 32.2. The second kappa shape index (κ2) is 8.55. The monoisotopic (exact) mass is 410 g/mol. The zero-order valence-corrected chi connectivity index (χ0v) is 15.5. The lowest BCUT2D eigenvalue weighted by Gasteiger charge is -2.17. The van der Waals surface area contributed by atoms with Gasteiger partial charge >= 0.3 is 6.18 Å². The van der Waals surface area contributed by atoms with Gasteiger partial charge in [0.15, 0.2) is 6.61 Å². The molecule has 1 aliphatic heterocycles. The Bertz CT molecular complexity index is 887. The van der Waals surface area contributed by atoms with Crippen LogP contribution in [0.15, 0.2) is 47.4 Å². The van der Waals surface area contributed by atoms with E-state index in [1.165, 1.54) is 12.1 Å². The summed E-state index contributed by atoms with van der Waals surface area (Å²) in [5, 5.41) is 5.33. The highest BCUT2D eigenvalue weighted by molar-refractivity contribution is 7.99. The summed E-state index contributed by atoms with van der Waals surface area (Å²) in [5.41, 5.74) is 1.95. The van der Waals surface area contributed by atoms with E-state index in [9.17, 15) is 22.8 Å². The van der Waals surface area contributed by atoms with E-state index in [4.69, 9.17) is 4.74 Å². The van der Waals surface area contributed by atoms with Crippen molar-refractivity contribution in [2.45, 2.75) is 23.9 Å². The zero-order valence-electron chi connectivity index (χ0n) is 14.6. The van der Waals surface area contributed by atoms with Gasteiger partial charge in [-0.2, -0.15) is 13.2 Å². The molecule has 0 unspecified atom stereocenters. The first-order valence-corrected chi connectivity index (χ1v) is 9.43. The Morgan fingerprint density at radius 2 is 1.96 bits per heavy atom. The van der Waals surface area contributed by atoms with Gasteiger partial charge in [0, 0.05) is 17.0 Å². The first-order valence-electron chi connectivity index (χ1n) is 8.44. The van der Waals surface area contributed by atoms with Crippen molar-refractivity contribution >= 4 is 35.0 Å². The van der Waals surface area contributed by atoms with Crippen LogP contribution in [0.5, 0.6) is 5.75 Å². The Labute approximate surface area is 163 Å². The molecule has 148 valence electrons. The summed E-state index contributed by atoms with van der Waals surface area (Å²) in [5.74, 6) is -1.08. The van der Waals surface area contributed by atoms with E-state index in [0.717, 1.165) is 11.3 Å². The van der Waals surface area contributed by atoms with E-state index in [1.807, 2.05) is 0 Å². The van der Waals surface area contributed by atoms with Crippen LogP contribution < -0.4 is 15.4 Å². The van der Waals surface area contributed by atoms with E-state index in [1.54, 1.807) is 30.3 Å². The molecule has 3 rings (SSSR count). The van der Waals surface area contributed by atoms with E-state index in [2.05, 4.69) is 10.6 Å². The number of nitrogens with one attached hydrogen (secondary N) is 2. The van der Waals surface area contributed by atoms with Crippen LogP contribution >= 0.6 is 11.8 Å². The summed E-state index contributed by atoms with van der Waals surface area (Å²) in [7, 11) is 0. The van der Waals surface area contributed by atoms with Crippen LogP contribution in [-0.4, -0.2) is 30.4 Å². The fourth-order valence-corrected chi connectivity index (χ4v) is 3.41. The number of rotatable bonds is 6. The van der Waals surface area contributed by atoms with Crippen LogP contribution in [0.4, 0.5) is 24.5 Å². The number of anilines is 2. The number of benzene rings is 2. The average Bonchev–Trinajstić information content (AvgIpc) is 2.65. The van der Waals surface area contributed by atoms with Crippen molar-refractivity contribution in [2.75, 3.05) is 23.0 Å². The molecule has 0 saturated carbocycles. The van der Waals surface area contributed by atoms with E-state index in [-0.39, 0.29) is 12.5 Å². The molecule has 0 saturated heterocycles. The van der Waals surface area contributed by atoms with Crippen LogP contribution in [0, 0.1) is 0 Å². The van der Waals surface area contributed by atoms with E-state index in [0.29, 0.717) is 40.9 Å². The Morgan fingerprint density at radius 1 is 1.18 bits per heavy atom. The summed E-state index contributed by atoms with van der Waals surface area (Å²) in [6, 6.07) is 11.4. The van der Waals surface area contributed by atoms with Gasteiger partial charge in [0.1, 0.15) is 5.75 Å². The van der Waals surface area contributed by atoms with Crippen molar-refractivity contribution in [1.29, 1.82) is 0 Å². The number of ether oxygens (including phenoxy) is 1. The van der Waals surface area contributed by atoms with Crippen LogP contribution in [0.1, 0.15) is 12.0 Å². The normalized spacial score (nSPS) is 13.5. The van der Waals surface area contributed by atoms with Gasteiger partial charge in [0.05, 0.1) is 11.4 Å². The molecule has 0 fully saturated rings. The van der Waals surface area contributed by atoms with Gasteiger partial charge in [0.2, 0.25) is 5.91 Å². The summed E-state index contributed by atoms with van der Waals surface area (Å²) in [6.07, 6.45) is -3.31. The highest BCUT2D eigenvalue weighted by Crippen LogP contribution is 2.32. The maximum absolute atomic E-state index is 12.4. The largest absolute Gasteiger partial charge is 0.484 e. The van der Waals surface area contributed by atoms with Crippen LogP contribution in [0.3, 0.4) is 0 Å². The summed E-state index contributed by atoms with van der Waals surface area (Å²) in [4.78, 5) is 23.8. The van der Waals surface area contributed by atoms with E-state index >= 15 is 0 Å². The smallest absolute Gasteiger partial charge is 0.398 e.